The molecule has 0 saturated carbocycles. The molecule has 0 aliphatic heterocycles. The number of anilines is 1. The van der Waals surface area contributed by atoms with Crippen LogP contribution in [0.1, 0.15) is 17.7 Å². The third kappa shape index (κ3) is 4.19. The van der Waals surface area contributed by atoms with Crippen LogP contribution in [0.5, 0.6) is 0 Å². The highest BCUT2D eigenvalue weighted by Gasteiger charge is 2.08. The van der Waals surface area contributed by atoms with Crippen molar-refractivity contribution in [2.24, 2.45) is 0 Å². The molecule has 24 heavy (non-hydrogen) atoms. The Balaban J connectivity index is 1.56. The number of nitrogens with one attached hydrogen (secondary N) is 1. The van der Waals surface area contributed by atoms with Crippen molar-refractivity contribution in [1.82, 2.24) is 9.97 Å². The van der Waals surface area contributed by atoms with Gasteiger partial charge in [-0.2, -0.15) is 0 Å². The summed E-state index contributed by atoms with van der Waals surface area (Å²) < 4.78 is 0. The molecule has 3 aromatic rings. The SMILES string of the molecule is Cc1ccc(NC(=O)CCc2csc(-c3cccnc3)n2)cc1Cl. The monoisotopic (exact) mass is 357 g/mol. The second-order valence-corrected chi connectivity index (χ2v) is 6.66. The van der Waals surface area contributed by atoms with Crippen molar-refractivity contribution >= 4 is 34.5 Å². The van der Waals surface area contributed by atoms with E-state index in [1.54, 1.807) is 29.8 Å². The van der Waals surface area contributed by atoms with Gasteiger partial charge < -0.3 is 5.32 Å². The number of amides is 1. The van der Waals surface area contributed by atoms with Gasteiger partial charge in [0.1, 0.15) is 5.01 Å². The van der Waals surface area contributed by atoms with E-state index in [0.29, 0.717) is 23.6 Å². The van der Waals surface area contributed by atoms with E-state index >= 15 is 0 Å². The first-order valence-corrected chi connectivity index (χ1v) is 8.78. The summed E-state index contributed by atoms with van der Waals surface area (Å²) in [5.74, 6) is -0.0501. The standard InChI is InChI=1S/C18H16ClN3OS/c1-12-4-5-14(9-16(12)19)21-17(23)7-6-15-11-24-18(22-15)13-3-2-8-20-10-13/h2-5,8-11H,6-7H2,1H3,(H,21,23). The Morgan fingerprint density at radius 2 is 2.21 bits per heavy atom. The molecule has 0 atom stereocenters. The number of benzene rings is 1. The van der Waals surface area contributed by atoms with Crippen LogP contribution < -0.4 is 5.32 Å². The Morgan fingerprint density at radius 3 is 2.96 bits per heavy atom. The van der Waals surface area contributed by atoms with Crippen molar-refractivity contribution in [2.45, 2.75) is 19.8 Å². The van der Waals surface area contributed by atoms with Crippen molar-refractivity contribution in [1.29, 1.82) is 0 Å². The minimum absolute atomic E-state index is 0.0501. The number of carbonyl (C=O) groups excluding carboxylic acids is 1. The highest BCUT2D eigenvalue weighted by Crippen LogP contribution is 2.23. The molecular weight excluding hydrogens is 342 g/mol. The molecule has 2 aromatic heterocycles. The fourth-order valence-electron chi connectivity index (χ4n) is 2.18. The fourth-order valence-corrected chi connectivity index (χ4v) is 3.20. The lowest BCUT2D eigenvalue weighted by atomic mass is 10.2. The highest BCUT2D eigenvalue weighted by atomic mass is 35.5. The first kappa shape index (κ1) is 16.6. The van der Waals surface area contributed by atoms with Crippen molar-refractivity contribution in [3.05, 3.63) is 64.4 Å². The minimum Gasteiger partial charge on any atom is -0.326 e. The van der Waals surface area contributed by atoms with E-state index in [4.69, 9.17) is 11.6 Å². The van der Waals surface area contributed by atoms with Crippen LogP contribution in [0, 0.1) is 6.92 Å². The molecule has 0 spiro atoms. The summed E-state index contributed by atoms with van der Waals surface area (Å²) in [5, 5.41) is 6.41. The smallest absolute Gasteiger partial charge is 0.224 e. The largest absolute Gasteiger partial charge is 0.326 e. The van der Waals surface area contributed by atoms with Crippen LogP contribution in [0.2, 0.25) is 5.02 Å². The van der Waals surface area contributed by atoms with Gasteiger partial charge in [0.25, 0.3) is 0 Å². The molecule has 0 radical (unpaired) electrons. The van der Waals surface area contributed by atoms with E-state index in [1.807, 2.05) is 36.6 Å². The first-order chi connectivity index (χ1) is 11.6. The molecule has 0 aliphatic carbocycles. The lowest BCUT2D eigenvalue weighted by molar-refractivity contribution is -0.116. The van der Waals surface area contributed by atoms with Gasteiger partial charge in [0.15, 0.2) is 0 Å². The molecule has 2 heterocycles. The van der Waals surface area contributed by atoms with E-state index in [1.165, 1.54) is 0 Å². The predicted molar refractivity (Wildman–Crippen MR) is 98.5 cm³/mol. The number of hydrogen-bond donors (Lipinski definition) is 1. The fraction of sp³-hybridized carbons (Fsp3) is 0.167. The van der Waals surface area contributed by atoms with Crippen molar-refractivity contribution in [3.8, 4) is 10.6 Å². The number of halogens is 1. The third-order valence-corrected chi connectivity index (χ3v) is 4.87. The predicted octanol–water partition coefficient (Wildman–Crippen LogP) is 4.74. The van der Waals surface area contributed by atoms with Crippen molar-refractivity contribution < 1.29 is 4.79 Å². The summed E-state index contributed by atoms with van der Waals surface area (Å²) in [7, 11) is 0. The van der Waals surface area contributed by atoms with Crippen molar-refractivity contribution in [3.63, 3.8) is 0 Å². The second-order valence-electron chi connectivity index (χ2n) is 5.40. The first-order valence-electron chi connectivity index (χ1n) is 7.52. The Labute approximate surface area is 149 Å². The minimum atomic E-state index is -0.0501. The maximum absolute atomic E-state index is 12.1. The van der Waals surface area contributed by atoms with Gasteiger partial charge in [-0.15, -0.1) is 11.3 Å². The van der Waals surface area contributed by atoms with Crippen LogP contribution in [-0.4, -0.2) is 15.9 Å². The van der Waals surface area contributed by atoms with Crippen LogP contribution in [-0.2, 0) is 11.2 Å². The van der Waals surface area contributed by atoms with Gasteiger partial charge in [-0.05, 0) is 43.2 Å². The molecule has 0 aliphatic rings. The molecule has 0 fully saturated rings. The number of rotatable bonds is 5. The zero-order valence-electron chi connectivity index (χ0n) is 13.1. The molecule has 3 rings (SSSR count). The topological polar surface area (TPSA) is 54.9 Å². The number of carbonyl (C=O) groups is 1. The van der Waals surface area contributed by atoms with E-state index in [9.17, 15) is 4.79 Å². The molecular formula is C18H16ClN3OS. The zero-order chi connectivity index (χ0) is 16.9. The molecule has 4 nitrogen and oxygen atoms in total. The average molecular weight is 358 g/mol. The Bertz CT molecular complexity index is 848. The maximum atomic E-state index is 12.1. The maximum Gasteiger partial charge on any atom is 0.224 e. The van der Waals surface area contributed by atoms with Crippen LogP contribution in [0.3, 0.4) is 0 Å². The number of pyridine rings is 1. The van der Waals surface area contributed by atoms with Gasteiger partial charge in [-0.25, -0.2) is 4.98 Å². The summed E-state index contributed by atoms with van der Waals surface area (Å²) in [6.07, 6.45) is 4.50. The van der Waals surface area contributed by atoms with Crippen LogP contribution in [0.4, 0.5) is 5.69 Å². The number of aromatic nitrogens is 2. The summed E-state index contributed by atoms with van der Waals surface area (Å²) in [6.45, 7) is 1.93. The Morgan fingerprint density at radius 1 is 1.33 bits per heavy atom. The molecule has 1 N–H and O–H groups in total. The van der Waals surface area contributed by atoms with Crippen LogP contribution >= 0.6 is 22.9 Å². The number of hydrogen-bond acceptors (Lipinski definition) is 4. The van der Waals surface area contributed by atoms with Crippen LogP contribution in [0.15, 0.2) is 48.1 Å². The lowest BCUT2D eigenvalue weighted by Gasteiger charge is -2.06. The Hall–Kier alpha value is -2.24. The highest BCUT2D eigenvalue weighted by molar-refractivity contribution is 7.13. The average Bonchev–Trinajstić information content (AvgIpc) is 3.06. The van der Waals surface area contributed by atoms with Crippen molar-refractivity contribution in [2.75, 3.05) is 5.32 Å². The van der Waals surface area contributed by atoms with Gasteiger partial charge >= 0.3 is 0 Å². The molecule has 0 bridgehead atoms. The Kier molecular flexibility index (Phi) is 5.23. The van der Waals surface area contributed by atoms with Crippen LogP contribution in [0.25, 0.3) is 10.6 Å². The number of nitrogens with zero attached hydrogens (tertiary/aromatic N) is 2. The van der Waals surface area contributed by atoms with E-state index in [0.717, 1.165) is 21.8 Å². The molecule has 1 amide bonds. The lowest BCUT2D eigenvalue weighted by Crippen LogP contribution is -2.12. The van der Waals surface area contributed by atoms with Gasteiger partial charge in [0.2, 0.25) is 5.91 Å². The summed E-state index contributed by atoms with van der Waals surface area (Å²) in [6, 6.07) is 9.36. The quantitative estimate of drug-likeness (QED) is 0.717. The molecule has 1 aromatic carbocycles. The molecule has 122 valence electrons. The van der Waals surface area contributed by atoms with Gasteiger partial charge in [0, 0.05) is 40.5 Å². The van der Waals surface area contributed by atoms with E-state index in [-0.39, 0.29) is 5.91 Å². The third-order valence-electron chi connectivity index (χ3n) is 3.52. The number of aryl methyl sites for hydroxylation is 2. The zero-order valence-corrected chi connectivity index (χ0v) is 14.7. The number of thiazole rings is 1. The van der Waals surface area contributed by atoms with E-state index in [2.05, 4.69) is 15.3 Å². The van der Waals surface area contributed by atoms with Gasteiger partial charge in [-0.1, -0.05) is 17.7 Å². The summed E-state index contributed by atoms with van der Waals surface area (Å²) >= 11 is 7.63. The van der Waals surface area contributed by atoms with Gasteiger partial charge in [0.05, 0.1) is 5.69 Å². The summed E-state index contributed by atoms with van der Waals surface area (Å²) in [5.41, 5.74) is 3.61. The normalized spacial score (nSPS) is 10.6. The molecule has 0 saturated heterocycles. The summed E-state index contributed by atoms with van der Waals surface area (Å²) in [4.78, 5) is 20.7. The second kappa shape index (κ2) is 7.55. The molecule has 0 unspecified atom stereocenters. The van der Waals surface area contributed by atoms with E-state index < -0.39 is 0 Å². The van der Waals surface area contributed by atoms with Gasteiger partial charge in [-0.3, -0.25) is 9.78 Å². The molecule has 6 heteroatoms.